The Morgan fingerprint density at radius 2 is 1.84 bits per heavy atom. The van der Waals surface area contributed by atoms with Crippen LogP contribution in [0.5, 0.6) is 0 Å². The van der Waals surface area contributed by atoms with Gasteiger partial charge < -0.3 is 11.5 Å². The van der Waals surface area contributed by atoms with Crippen LogP contribution < -0.4 is 11.5 Å². The molecule has 1 aromatic heterocycles. The second-order valence-electron chi connectivity index (χ2n) is 4.05. The number of nitrogen functional groups attached to an aromatic ring is 2. The van der Waals surface area contributed by atoms with Crippen molar-refractivity contribution in [2.24, 2.45) is 0 Å². The molecule has 0 unspecified atom stereocenters. The number of aryl methyl sites for hydroxylation is 1. The van der Waals surface area contributed by atoms with Crippen LogP contribution in [0.2, 0.25) is 0 Å². The van der Waals surface area contributed by atoms with Gasteiger partial charge in [0.25, 0.3) is 0 Å². The lowest BCUT2D eigenvalue weighted by atomic mass is 10.0. The zero-order valence-electron chi connectivity index (χ0n) is 9.99. The minimum Gasteiger partial charge on any atom is -0.383 e. The minimum atomic E-state index is -4.41. The van der Waals surface area contributed by atoms with Crippen LogP contribution in [0.15, 0.2) is 24.4 Å². The Bertz CT molecular complexity index is 623. The molecule has 0 radical (unpaired) electrons. The molecule has 0 spiro atoms. The monoisotopic (exact) mass is 268 g/mol. The summed E-state index contributed by atoms with van der Waals surface area (Å²) in [5.74, 6) is 0.0221. The van der Waals surface area contributed by atoms with Gasteiger partial charge in [-0.2, -0.15) is 18.2 Å². The first-order chi connectivity index (χ1) is 8.79. The SMILES string of the molecule is Cc1ccc(-c2cnc(N)nc2N)cc1C(F)(F)F. The summed E-state index contributed by atoms with van der Waals surface area (Å²) in [6, 6.07) is 3.95. The molecule has 0 aliphatic rings. The second kappa shape index (κ2) is 4.42. The Morgan fingerprint density at radius 1 is 1.16 bits per heavy atom. The van der Waals surface area contributed by atoms with Gasteiger partial charge in [0.15, 0.2) is 0 Å². The van der Waals surface area contributed by atoms with Crippen molar-refractivity contribution in [1.29, 1.82) is 0 Å². The third-order valence-corrected chi connectivity index (χ3v) is 2.69. The molecular formula is C12H11F3N4. The topological polar surface area (TPSA) is 77.8 Å². The molecule has 0 atom stereocenters. The van der Waals surface area contributed by atoms with E-state index in [4.69, 9.17) is 11.5 Å². The molecule has 2 rings (SSSR count). The molecule has 0 bridgehead atoms. The first-order valence-corrected chi connectivity index (χ1v) is 5.35. The highest BCUT2D eigenvalue weighted by atomic mass is 19.4. The second-order valence-corrected chi connectivity index (χ2v) is 4.05. The highest BCUT2D eigenvalue weighted by molar-refractivity contribution is 5.74. The number of hydrogen-bond acceptors (Lipinski definition) is 4. The van der Waals surface area contributed by atoms with Crippen molar-refractivity contribution in [3.05, 3.63) is 35.5 Å². The number of benzene rings is 1. The van der Waals surface area contributed by atoms with E-state index in [1.165, 1.54) is 25.3 Å². The average Bonchev–Trinajstić information content (AvgIpc) is 2.29. The van der Waals surface area contributed by atoms with Gasteiger partial charge in [0.2, 0.25) is 5.95 Å². The molecule has 0 amide bonds. The van der Waals surface area contributed by atoms with E-state index < -0.39 is 11.7 Å². The molecule has 0 aliphatic carbocycles. The van der Waals surface area contributed by atoms with Gasteiger partial charge in [-0.1, -0.05) is 12.1 Å². The molecule has 1 aromatic carbocycles. The normalized spacial score (nSPS) is 11.6. The van der Waals surface area contributed by atoms with Gasteiger partial charge in [-0.15, -0.1) is 0 Å². The Balaban J connectivity index is 2.58. The smallest absolute Gasteiger partial charge is 0.383 e. The van der Waals surface area contributed by atoms with Gasteiger partial charge in [0, 0.05) is 11.8 Å². The fourth-order valence-corrected chi connectivity index (χ4v) is 1.73. The highest BCUT2D eigenvalue weighted by Crippen LogP contribution is 2.35. The molecule has 0 saturated carbocycles. The molecule has 100 valence electrons. The maximum atomic E-state index is 12.8. The first kappa shape index (κ1) is 13.1. The maximum absolute atomic E-state index is 12.8. The van der Waals surface area contributed by atoms with Gasteiger partial charge in [0.1, 0.15) is 5.82 Å². The number of nitrogens with two attached hydrogens (primary N) is 2. The van der Waals surface area contributed by atoms with E-state index in [0.717, 1.165) is 6.07 Å². The van der Waals surface area contributed by atoms with Crippen molar-refractivity contribution >= 4 is 11.8 Å². The number of hydrogen-bond donors (Lipinski definition) is 2. The summed E-state index contributed by atoms with van der Waals surface area (Å²) in [4.78, 5) is 7.46. The summed E-state index contributed by atoms with van der Waals surface area (Å²) in [6.07, 6.45) is -3.11. The van der Waals surface area contributed by atoms with Crippen LogP contribution >= 0.6 is 0 Å². The number of halogens is 3. The standard InChI is InChI=1S/C12H11F3N4/c1-6-2-3-7(4-9(6)12(13,14)15)8-5-18-11(17)19-10(8)16/h2-5H,1H3,(H4,16,17,18,19). The summed E-state index contributed by atoms with van der Waals surface area (Å²) < 4.78 is 38.5. The Hall–Kier alpha value is -2.31. The molecule has 1 heterocycles. The molecule has 7 heteroatoms. The van der Waals surface area contributed by atoms with E-state index in [9.17, 15) is 13.2 Å². The van der Waals surface area contributed by atoms with Crippen LogP contribution in [-0.4, -0.2) is 9.97 Å². The zero-order valence-corrected chi connectivity index (χ0v) is 9.99. The highest BCUT2D eigenvalue weighted by Gasteiger charge is 2.32. The molecule has 4 nitrogen and oxygen atoms in total. The predicted octanol–water partition coefficient (Wildman–Crippen LogP) is 2.64. The maximum Gasteiger partial charge on any atom is 0.416 e. The van der Waals surface area contributed by atoms with Crippen LogP contribution in [0.25, 0.3) is 11.1 Å². The number of anilines is 2. The Morgan fingerprint density at radius 3 is 2.42 bits per heavy atom. The minimum absolute atomic E-state index is 0.0237. The lowest BCUT2D eigenvalue weighted by Gasteiger charge is -2.12. The quantitative estimate of drug-likeness (QED) is 0.833. The Kier molecular flexibility index (Phi) is 3.05. The number of aromatic nitrogens is 2. The number of nitrogens with zero attached hydrogens (tertiary/aromatic N) is 2. The molecule has 0 aliphatic heterocycles. The van der Waals surface area contributed by atoms with E-state index in [1.807, 2.05) is 0 Å². The van der Waals surface area contributed by atoms with Crippen molar-refractivity contribution in [1.82, 2.24) is 9.97 Å². The van der Waals surface area contributed by atoms with Gasteiger partial charge in [-0.05, 0) is 24.1 Å². The fourth-order valence-electron chi connectivity index (χ4n) is 1.73. The van der Waals surface area contributed by atoms with Gasteiger partial charge in [-0.25, -0.2) is 4.98 Å². The van der Waals surface area contributed by atoms with E-state index in [2.05, 4.69) is 9.97 Å². The van der Waals surface area contributed by atoms with Crippen molar-refractivity contribution < 1.29 is 13.2 Å². The molecule has 19 heavy (non-hydrogen) atoms. The fraction of sp³-hybridized carbons (Fsp3) is 0.167. The Labute approximate surface area is 107 Å². The largest absolute Gasteiger partial charge is 0.416 e. The van der Waals surface area contributed by atoms with E-state index in [1.54, 1.807) is 0 Å². The van der Waals surface area contributed by atoms with Crippen molar-refractivity contribution in [3.63, 3.8) is 0 Å². The van der Waals surface area contributed by atoms with Gasteiger partial charge >= 0.3 is 6.18 Å². The van der Waals surface area contributed by atoms with Crippen LogP contribution in [-0.2, 0) is 6.18 Å². The summed E-state index contributed by atoms with van der Waals surface area (Å²) in [5, 5.41) is 0. The van der Waals surface area contributed by atoms with Crippen LogP contribution in [0, 0.1) is 6.92 Å². The van der Waals surface area contributed by atoms with Crippen LogP contribution in [0.3, 0.4) is 0 Å². The molecule has 0 fully saturated rings. The molecule has 0 saturated heterocycles. The lowest BCUT2D eigenvalue weighted by Crippen LogP contribution is -2.08. The van der Waals surface area contributed by atoms with E-state index >= 15 is 0 Å². The van der Waals surface area contributed by atoms with Gasteiger partial charge in [0.05, 0.1) is 5.56 Å². The summed E-state index contributed by atoms with van der Waals surface area (Å²) in [7, 11) is 0. The van der Waals surface area contributed by atoms with Crippen molar-refractivity contribution in [2.45, 2.75) is 13.1 Å². The van der Waals surface area contributed by atoms with Crippen LogP contribution in [0.1, 0.15) is 11.1 Å². The predicted molar refractivity (Wildman–Crippen MR) is 66.0 cm³/mol. The van der Waals surface area contributed by atoms with Gasteiger partial charge in [-0.3, -0.25) is 0 Å². The zero-order chi connectivity index (χ0) is 14.2. The lowest BCUT2D eigenvalue weighted by molar-refractivity contribution is -0.138. The molecular weight excluding hydrogens is 257 g/mol. The summed E-state index contributed by atoms with van der Waals surface area (Å²) in [6.45, 7) is 1.40. The van der Waals surface area contributed by atoms with E-state index in [-0.39, 0.29) is 17.3 Å². The number of alkyl halides is 3. The van der Waals surface area contributed by atoms with Crippen molar-refractivity contribution in [3.8, 4) is 11.1 Å². The third-order valence-electron chi connectivity index (χ3n) is 2.69. The molecule has 2 aromatic rings. The summed E-state index contributed by atoms with van der Waals surface area (Å²) >= 11 is 0. The van der Waals surface area contributed by atoms with Crippen LogP contribution in [0.4, 0.5) is 24.9 Å². The number of rotatable bonds is 1. The third kappa shape index (κ3) is 2.59. The summed E-state index contributed by atoms with van der Waals surface area (Å²) in [5.41, 5.74) is 11.0. The molecule has 4 N–H and O–H groups in total. The first-order valence-electron chi connectivity index (χ1n) is 5.35. The van der Waals surface area contributed by atoms with E-state index in [0.29, 0.717) is 11.1 Å². The van der Waals surface area contributed by atoms with Crippen molar-refractivity contribution in [2.75, 3.05) is 11.5 Å². The average molecular weight is 268 g/mol.